The van der Waals surface area contributed by atoms with Crippen LogP contribution in [0.1, 0.15) is 70.9 Å². The number of urea groups is 1. The van der Waals surface area contributed by atoms with E-state index in [1.54, 1.807) is 6.92 Å². The highest BCUT2D eigenvalue weighted by molar-refractivity contribution is 6.08. The van der Waals surface area contributed by atoms with Gasteiger partial charge in [-0.15, -0.1) is 0 Å². The minimum Gasteiger partial charge on any atom is -0.348 e. The molecule has 1 heterocycles. The second-order valence-electron chi connectivity index (χ2n) is 7.52. The molecule has 1 saturated heterocycles. The van der Waals surface area contributed by atoms with Crippen LogP contribution in [0.4, 0.5) is 4.79 Å². The maximum atomic E-state index is 12.7. The highest BCUT2D eigenvalue weighted by Crippen LogP contribution is 2.24. The van der Waals surface area contributed by atoms with Crippen LogP contribution in [0.3, 0.4) is 0 Å². The van der Waals surface area contributed by atoms with Crippen molar-refractivity contribution in [3.05, 3.63) is 35.9 Å². The van der Waals surface area contributed by atoms with Gasteiger partial charge in [-0.05, 0) is 25.8 Å². The average Bonchev–Trinajstić information content (AvgIpc) is 2.85. The molecule has 1 aromatic rings. The van der Waals surface area contributed by atoms with Gasteiger partial charge in [-0.1, -0.05) is 69.4 Å². The molecule has 27 heavy (non-hydrogen) atoms. The number of unbranched alkanes of at least 4 members (excludes halogenated alkanes) is 4. The number of carbonyl (C=O) groups is 3. The van der Waals surface area contributed by atoms with Crippen molar-refractivity contribution in [2.24, 2.45) is 0 Å². The van der Waals surface area contributed by atoms with Gasteiger partial charge < -0.3 is 10.6 Å². The number of nitrogens with zero attached hydrogens (tertiary/aromatic N) is 1. The Morgan fingerprint density at radius 3 is 2.48 bits per heavy atom. The molecule has 1 aliphatic heterocycles. The highest BCUT2D eigenvalue weighted by Gasteiger charge is 2.47. The van der Waals surface area contributed by atoms with Crippen molar-refractivity contribution in [1.29, 1.82) is 0 Å². The molecule has 0 aromatic heterocycles. The normalized spacial score (nSPS) is 20.5. The topological polar surface area (TPSA) is 78.5 Å². The third kappa shape index (κ3) is 5.55. The SMILES string of the molecule is CCCCCCC[C@]1(C)NC(=O)N(CC(=O)N[C@H](C)c2ccccc2)C1=O. The monoisotopic (exact) mass is 373 g/mol. The number of hydrogen-bond acceptors (Lipinski definition) is 3. The average molecular weight is 373 g/mol. The first-order valence-electron chi connectivity index (χ1n) is 9.86. The van der Waals surface area contributed by atoms with E-state index in [4.69, 9.17) is 0 Å². The van der Waals surface area contributed by atoms with Crippen molar-refractivity contribution < 1.29 is 14.4 Å². The zero-order valence-electron chi connectivity index (χ0n) is 16.6. The van der Waals surface area contributed by atoms with E-state index in [1.165, 1.54) is 6.42 Å². The van der Waals surface area contributed by atoms with E-state index < -0.39 is 11.6 Å². The number of carbonyl (C=O) groups excluding carboxylic acids is 3. The van der Waals surface area contributed by atoms with Gasteiger partial charge in [0.1, 0.15) is 12.1 Å². The second-order valence-corrected chi connectivity index (χ2v) is 7.52. The Morgan fingerprint density at radius 1 is 1.15 bits per heavy atom. The fraction of sp³-hybridized carbons (Fsp3) is 0.571. The quantitative estimate of drug-likeness (QED) is 0.486. The molecule has 6 heteroatoms. The highest BCUT2D eigenvalue weighted by atomic mass is 16.2. The molecule has 0 saturated carbocycles. The molecule has 0 aliphatic carbocycles. The lowest BCUT2D eigenvalue weighted by Gasteiger charge is -2.22. The van der Waals surface area contributed by atoms with Crippen LogP contribution in [0.5, 0.6) is 0 Å². The van der Waals surface area contributed by atoms with Gasteiger partial charge in [-0.2, -0.15) is 0 Å². The molecular weight excluding hydrogens is 342 g/mol. The van der Waals surface area contributed by atoms with Crippen molar-refractivity contribution >= 4 is 17.8 Å². The van der Waals surface area contributed by atoms with Gasteiger partial charge in [-0.25, -0.2) is 4.79 Å². The summed E-state index contributed by atoms with van der Waals surface area (Å²) in [5, 5.41) is 5.61. The summed E-state index contributed by atoms with van der Waals surface area (Å²) in [5.74, 6) is -0.660. The van der Waals surface area contributed by atoms with Crippen molar-refractivity contribution in [3.63, 3.8) is 0 Å². The van der Waals surface area contributed by atoms with E-state index in [0.29, 0.717) is 6.42 Å². The van der Waals surface area contributed by atoms with E-state index in [0.717, 1.165) is 36.1 Å². The molecule has 0 bridgehead atoms. The number of benzene rings is 1. The molecule has 6 nitrogen and oxygen atoms in total. The Hall–Kier alpha value is -2.37. The summed E-state index contributed by atoms with van der Waals surface area (Å²) in [6.07, 6.45) is 6.01. The lowest BCUT2D eigenvalue weighted by atomic mass is 9.94. The van der Waals surface area contributed by atoms with E-state index in [2.05, 4.69) is 17.6 Å². The predicted octanol–water partition coefficient (Wildman–Crippen LogP) is 3.53. The number of hydrogen-bond donors (Lipinski definition) is 2. The van der Waals surface area contributed by atoms with E-state index in [1.807, 2.05) is 37.3 Å². The molecule has 4 amide bonds. The molecule has 0 spiro atoms. The summed E-state index contributed by atoms with van der Waals surface area (Å²) < 4.78 is 0. The van der Waals surface area contributed by atoms with Crippen molar-refractivity contribution in [3.8, 4) is 0 Å². The minimum atomic E-state index is -0.908. The first-order valence-corrected chi connectivity index (χ1v) is 9.86. The van der Waals surface area contributed by atoms with Crippen LogP contribution in [0.2, 0.25) is 0 Å². The molecule has 2 rings (SSSR count). The Kier molecular flexibility index (Phi) is 7.39. The number of amides is 4. The molecule has 1 aliphatic rings. The molecule has 148 valence electrons. The van der Waals surface area contributed by atoms with E-state index >= 15 is 0 Å². The Balaban J connectivity index is 1.87. The molecule has 0 unspecified atom stereocenters. The molecule has 1 fully saturated rings. The van der Waals surface area contributed by atoms with Gasteiger partial charge in [-0.3, -0.25) is 14.5 Å². The number of imide groups is 1. The van der Waals surface area contributed by atoms with Crippen LogP contribution in [-0.2, 0) is 9.59 Å². The Labute approximate surface area is 161 Å². The minimum absolute atomic E-state index is 0.190. The molecule has 1 aromatic carbocycles. The number of nitrogens with one attached hydrogen (secondary N) is 2. The van der Waals surface area contributed by atoms with Crippen molar-refractivity contribution in [1.82, 2.24) is 15.5 Å². The Morgan fingerprint density at radius 2 is 1.81 bits per heavy atom. The summed E-state index contributed by atoms with van der Waals surface area (Å²) >= 11 is 0. The lowest BCUT2D eigenvalue weighted by molar-refractivity contribution is -0.135. The van der Waals surface area contributed by atoms with Gasteiger partial charge >= 0.3 is 6.03 Å². The summed E-state index contributed by atoms with van der Waals surface area (Å²) in [6, 6.07) is 8.89. The standard InChI is InChI=1S/C21H31N3O3/c1-4-5-6-7-11-14-21(3)19(26)24(20(27)23-21)15-18(25)22-16(2)17-12-9-8-10-13-17/h8-10,12-13,16H,4-7,11,14-15H2,1-3H3,(H,22,25)(H,23,27)/t16-,21+/m1/s1. The van der Waals surface area contributed by atoms with Crippen LogP contribution < -0.4 is 10.6 Å². The summed E-state index contributed by atoms with van der Waals surface area (Å²) in [7, 11) is 0. The largest absolute Gasteiger partial charge is 0.348 e. The third-order valence-electron chi connectivity index (χ3n) is 5.10. The number of rotatable bonds is 10. The first kappa shape index (κ1) is 20.9. The summed E-state index contributed by atoms with van der Waals surface area (Å²) in [4.78, 5) is 38.3. The van der Waals surface area contributed by atoms with Gasteiger partial charge in [0.15, 0.2) is 0 Å². The molecule has 2 atom stereocenters. The van der Waals surface area contributed by atoms with Gasteiger partial charge in [0, 0.05) is 0 Å². The molecule has 2 N–H and O–H groups in total. The van der Waals surface area contributed by atoms with Crippen molar-refractivity contribution in [2.75, 3.05) is 6.54 Å². The smallest absolute Gasteiger partial charge is 0.325 e. The van der Waals surface area contributed by atoms with Gasteiger partial charge in [0.2, 0.25) is 5.91 Å². The second kappa shape index (κ2) is 9.53. The maximum absolute atomic E-state index is 12.7. The summed E-state index contributed by atoms with van der Waals surface area (Å²) in [5.41, 5.74) is 0.0641. The summed E-state index contributed by atoms with van der Waals surface area (Å²) in [6.45, 7) is 5.52. The van der Waals surface area contributed by atoms with Crippen LogP contribution in [0, 0.1) is 0 Å². The Bertz CT molecular complexity index is 662. The van der Waals surface area contributed by atoms with Crippen LogP contribution >= 0.6 is 0 Å². The molecule has 0 radical (unpaired) electrons. The van der Waals surface area contributed by atoms with E-state index in [9.17, 15) is 14.4 Å². The fourth-order valence-corrected chi connectivity index (χ4v) is 3.40. The van der Waals surface area contributed by atoms with Crippen molar-refractivity contribution in [2.45, 2.75) is 70.9 Å². The molecular formula is C21H31N3O3. The fourth-order valence-electron chi connectivity index (χ4n) is 3.40. The lowest BCUT2D eigenvalue weighted by Crippen LogP contribution is -2.45. The van der Waals surface area contributed by atoms with Gasteiger partial charge in [0.05, 0.1) is 6.04 Å². The zero-order chi connectivity index (χ0) is 19.9. The first-order chi connectivity index (χ1) is 12.9. The van der Waals surface area contributed by atoms with Gasteiger partial charge in [0.25, 0.3) is 5.91 Å². The van der Waals surface area contributed by atoms with E-state index in [-0.39, 0.29) is 24.4 Å². The predicted molar refractivity (Wildman–Crippen MR) is 105 cm³/mol. The van der Waals surface area contributed by atoms with Crippen LogP contribution in [0.15, 0.2) is 30.3 Å². The maximum Gasteiger partial charge on any atom is 0.325 e. The van der Waals surface area contributed by atoms with Crippen LogP contribution in [0.25, 0.3) is 0 Å². The third-order valence-corrected chi connectivity index (χ3v) is 5.10. The zero-order valence-corrected chi connectivity index (χ0v) is 16.6. The van der Waals surface area contributed by atoms with Crippen LogP contribution in [-0.4, -0.2) is 34.8 Å².